The van der Waals surface area contributed by atoms with E-state index in [1.807, 2.05) is 12.1 Å². The first-order valence-corrected chi connectivity index (χ1v) is 6.12. The molecule has 0 bridgehead atoms. The fourth-order valence-corrected chi connectivity index (χ4v) is 2.58. The highest BCUT2D eigenvalue weighted by molar-refractivity contribution is 5.56. The maximum Gasteiger partial charge on any atom is 0.165 e. The fraction of sp³-hybridized carbons (Fsp3) is 0.538. The van der Waals surface area contributed by atoms with Crippen molar-refractivity contribution in [3.8, 4) is 6.07 Å². The summed E-state index contributed by atoms with van der Waals surface area (Å²) in [5, 5.41) is 8.96. The highest BCUT2D eigenvalue weighted by Crippen LogP contribution is 2.31. The standard InChI is InChI=1S/C13H18N4/c1-3-10-5-4-9(2)17(10)13-7-6-11(15)12(8-14)16-13/h6-7,9-10H,3-5,15H2,1-2H3. The molecule has 1 aliphatic rings. The SMILES string of the molecule is CCC1CCC(C)N1c1ccc(N)c(C#N)n1. The average Bonchev–Trinajstić information content (AvgIpc) is 2.71. The molecule has 2 heterocycles. The molecule has 2 atom stereocenters. The minimum absolute atomic E-state index is 0.330. The second-order valence-electron chi connectivity index (χ2n) is 4.61. The van der Waals surface area contributed by atoms with Crippen LogP contribution >= 0.6 is 0 Å². The normalized spacial score (nSPS) is 23.7. The summed E-state index contributed by atoms with van der Waals surface area (Å²) < 4.78 is 0. The molecular weight excluding hydrogens is 212 g/mol. The molecule has 0 aromatic carbocycles. The van der Waals surface area contributed by atoms with Crippen molar-refractivity contribution < 1.29 is 0 Å². The Kier molecular flexibility index (Phi) is 3.19. The number of pyridine rings is 1. The number of nitrogen functional groups attached to an aromatic ring is 1. The van der Waals surface area contributed by atoms with Crippen LogP contribution in [0.5, 0.6) is 0 Å². The zero-order valence-electron chi connectivity index (χ0n) is 10.3. The van der Waals surface area contributed by atoms with Crippen LogP contribution in [-0.2, 0) is 0 Å². The summed E-state index contributed by atoms with van der Waals surface area (Å²) in [6.45, 7) is 4.40. The maximum atomic E-state index is 8.96. The van der Waals surface area contributed by atoms with Crippen LogP contribution in [0.1, 0.15) is 38.8 Å². The van der Waals surface area contributed by atoms with Gasteiger partial charge in [-0.05, 0) is 38.3 Å². The van der Waals surface area contributed by atoms with Crippen molar-refractivity contribution in [2.45, 2.75) is 45.2 Å². The molecule has 2 unspecified atom stereocenters. The van der Waals surface area contributed by atoms with Crippen molar-refractivity contribution in [1.29, 1.82) is 5.26 Å². The molecule has 0 amide bonds. The third-order valence-electron chi connectivity index (χ3n) is 3.54. The number of nitrogens with zero attached hydrogens (tertiary/aromatic N) is 3. The van der Waals surface area contributed by atoms with Crippen molar-refractivity contribution in [1.82, 2.24) is 4.98 Å². The molecule has 1 aromatic heterocycles. The lowest BCUT2D eigenvalue weighted by molar-refractivity contribution is 0.621. The molecule has 90 valence electrons. The maximum absolute atomic E-state index is 8.96. The van der Waals surface area contributed by atoms with Crippen molar-refractivity contribution in [2.24, 2.45) is 0 Å². The lowest BCUT2D eigenvalue weighted by Crippen LogP contribution is -2.34. The van der Waals surface area contributed by atoms with E-state index in [-0.39, 0.29) is 0 Å². The van der Waals surface area contributed by atoms with Crippen molar-refractivity contribution in [2.75, 3.05) is 10.6 Å². The number of anilines is 2. The van der Waals surface area contributed by atoms with Gasteiger partial charge in [-0.15, -0.1) is 0 Å². The van der Waals surface area contributed by atoms with Gasteiger partial charge in [0.15, 0.2) is 5.69 Å². The summed E-state index contributed by atoms with van der Waals surface area (Å²) in [5.41, 5.74) is 6.48. The summed E-state index contributed by atoms with van der Waals surface area (Å²) in [5.74, 6) is 0.882. The average molecular weight is 230 g/mol. The van der Waals surface area contributed by atoms with Gasteiger partial charge >= 0.3 is 0 Å². The third kappa shape index (κ3) is 2.05. The molecule has 1 aromatic rings. The van der Waals surface area contributed by atoms with Crippen molar-refractivity contribution in [3.05, 3.63) is 17.8 Å². The summed E-state index contributed by atoms with van der Waals surface area (Å²) in [7, 11) is 0. The Balaban J connectivity index is 2.36. The number of hydrogen-bond acceptors (Lipinski definition) is 4. The molecule has 4 nitrogen and oxygen atoms in total. The quantitative estimate of drug-likeness (QED) is 0.846. The molecule has 2 rings (SSSR count). The van der Waals surface area contributed by atoms with E-state index in [0.717, 1.165) is 12.2 Å². The van der Waals surface area contributed by atoms with Gasteiger partial charge in [0, 0.05) is 12.1 Å². The lowest BCUT2D eigenvalue weighted by Gasteiger charge is -2.29. The minimum atomic E-state index is 0.330. The predicted octanol–water partition coefficient (Wildman–Crippen LogP) is 2.30. The molecule has 1 saturated heterocycles. The Morgan fingerprint density at radius 1 is 1.53 bits per heavy atom. The highest BCUT2D eigenvalue weighted by Gasteiger charge is 2.30. The van der Waals surface area contributed by atoms with Gasteiger partial charge < -0.3 is 10.6 Å². The van der Waals surface area contributed by atoms with Crippen molar-refractivity contribution in [3.63, 3.8) is 0 Å². The molecule has 0 spiro atoms. The predicted molar refractivity (Wildman–Crippen MR) is 68.6 cm³/mol. The molecule has 1 fully saturated rings. The third-order valence-corrected chi connectivity index (χ3v) is 3.54. The Labute approximate surface area is 102 Å². The smallest absolute Gasteiger partial charge is 0.165 e. The number of rotatable bonds is 2. The molecule has 0 radical (unpaired) electrons. The van der Waals surface area contributed by atoms with Crippen LogP contribution in [0.4, 0.5) is 11.5 Å². The van der Waals surface area contributed by atoms with Gasteiger partial charge in [-0.3, -0.25) is 0 Å². The Hall–Kier alpha value is -1.76. The number of aromatic nitrogens is 1. The summed E-state index contributed by atoms with van der Waals surface area (Å²) in [4.78, 5) is 6.68. The van der Waals surface area contributed by atoms with Crippen LogP contribution < -0.4 is 10.6 Å². The Morgan fingerprint density at radius 2 is 2.29 bits per heavy atom. The van der Waals surface area contributed by atoms with Gasteiger partial charge in [-0.25, -0.2) is 4.98 Å². The van der Waals surface area contributed by atoms with Crippen LogP contribution in [0, 0.1) is 11.3 Å². The Bertz CT molecular complexity index is 449. The fourth-order valence-electron chi connectivity index (χ4n) is 2.58. The van der Waals surface area contributed by atoms with Crippen LogP contribution in [0.25, 0.3) is 0 Å². The van der Waals surface area contributed by atoms with E-state index in [1.165, 1.54) is 12.8 Å². The molecule has 2 N–H and O–H groups in total. The van der Waals surface area contributed by atoms with Crippen LogP contribution in [-0.4, -0.2) is 17.1 Å². The van der Waals surface area contributed by atoms with Gasteiger partial charge in [0.1, 0.15) is 11.9 Å². The zero-order chi connectivity index (χ0) is 12.4. The monoisotopic (exact) mass is 230 g/mol. The molecule has 4 heteroatoms. The largest absolute Gasteiger partial charge is 0.396 e. The van der Waals surface area contributed by atoms with E-state index < -0.39 is 0 Å². The van der Waals surface area contributed by atoms with E-state index in [0.29, 0.717) is 23.5 Å². The number of nitrogens with two attached hydrogens (primary N) is 1. The summed E-state index contributed by atoms with van der Waals surface area (Å²) >= 11 is 0. The zero-order valence-corrected chi connectivity index (χ0v) is 10.3. The van der Waals surface area contributed by atoms with Crippen molar-refractivity contribution >= 4 is 11.5 Å². The molecule has 0 aliphatic carbocycles. The van der Waals surface area contributed by atoms with E-state index in [4.69, 9.17) is 11.0 Å². The first kappa shape index (κ1) is 11.7. The molecule has 17 heavy (non-hydrogen) atoms. The summed E-state index contributed by atoms with van der Waals surface area (Å²) in [6, 6.07) is 6.76. The minimum Gasteiger partial charge on any atom is -0.396 e. The number of nitriles is 1. The van der Waals surface area contributed by atoms with Gasteiger partial charge in [-0.1, -0.05) is 6.92 Å². The molecule has 1 aliphatic heterocycles. The first-order chi connectivity index (χ1) is 8.17. The van der Waals surface area contributed by atoms with Gasteiger partial charge in [-0.2, -0.15) is 5.26 Å². The second kappa shape index (κ2) is 4.62. The van der Waals surface area contributed by atoms with Gasteiger partial charge in [0.05, 0.1) is 5.69 Å². The van der Waals surface area contributed by atoms with Gasteiger partial charge in [0.25, 0.3) is 0 Å². The second-order valence-corrected chi connectivity index (χ2v) is 4.61. The highest BCUT2D eigenvalue weighted by atomic mass is 15.3. The molecular formula is C13H18N4. The van der Waals surface area contributed by atoms with E-state index in [1.54, 1.807) is 6.07 Å². The lowest BCUT2D eigenvalue weighted by atomic mass is 10.1. The van der Waals surface area contributed by atoms with Crippen LogP contribution in [0.15, 0.2) is 12.1 Å². The number of hydrogen-bond donors (Lipinski definition) is 1. The van der Waals surface area contributed by atoms with Gasteiger partial charge in [0.2, 0.25) is 0 Å². The Morgan fingerprint density at radius 3 is 2.94 bits per heavy atom. The topological polar surface area (TPSA) is 65.9 Å². The molecule has 0 saturated carbocycles. The van der Waals surface area contributed by atoms with E-state index in [2.05, 4.69) is 23.7 Å². The van der Waals surface area contributed by atoms with E-state index in [9.17, 15) is 0 Å². The van der Waals surface area contributed by atoms with Crippen LogP contribution in [0.2, 0.25) is 0 Å². The first-order valence-electron chi connectivity index (χ1n) is 6.12. The summed E-state index contributed by atoms with van der Waals surface area (Å²) in [6.07, 6.45) is 3.50. The van der Waals surface area contributed by atoms with E-state index >= 15 is 0 Å². The van der Waals surface area contributed by atoms with Crippen LogP contribution in [0.3, 0.4) is 0 Å².